The van der Waals surface area contributed by atoms with Crippen molar-refractivity contribution in [2.75, 3.05) is 0 Å². The van der Waals surface area contributed by atoms with Gasteiger partial charge in [-0.05, 0) is 20.3 Å². The Labute approximate surface area is 96.0 Å². The molecular weight excluding hydrogens is 209 g/mol. The van der Waals surface area contributed by atoms with E-state index in [0.717, 1.165) is 12.8 Å². The van der Waals surface area contributed by atoms with Gasteiger partial charge >= 0.3 is 0 Å². The molecule has 0 bridgehead atoms. The number of allylic oxidation sites excluding steroid dienone is 4. The van der Waals surface area contributed by atoms with Gasteiger partial charge in [0.2, 0.25) is 0 Å². The van der Waals surface area contributed by atoms with E-state index in [1.54, 1.807) is 0 Å². The third-order valence-corrected chi connectivity index (χ3v) is 1.44. The Morgan fingerprint density at radius 1 is 1.27 bits per heavy atom. The van der Waals surface area contributed by atoms with Crippen molar-refractivity contribution < 1.29 is 32.7 Å². The molecular formula is C10H17Y-. The van der Waals surface area contributed by atoms with Crippen molar-refractivity contribution in [2.45, 2.75) is 33.6 Å². The van der Waals surface area contributed by atoms with Crippen molar-refractivity contribution in [2.24, 2.45) is 0 Å². The predicted octanol–water partition coefficient (Wildman–Crippen LogP) is 3.51. The van der Waals surface area contributed by atoms with E-state index in [0.29, 0.717) is 0 Å². The van der Waals surface area contributed by atoms with Crippen LogP contribution in [-0.2, 0) is 32.7 Å². The molecule has 61 valence electrons. The molecule has 0 rings (SSSR count). The molecule has 0 fully saturated rings. The minimum absolute atomic E-state index is 0. The average molecular weight is 226 g/mol. The van der Waals surface area contributed by atoms with E-state index in [-0.39, 0.29) is 32.7 Å². The standard InChI is InChI=1S/C10H17.Y/c1-5-10(4)8-6-7-9(2)3;/h5,7H,1,6,8H2,2-4H3;/q-1;. The fourth-order valence-electron chi connectivity index (χ4n) is 0.691. The Morgan fingerprint density at radius 2 is 1.82 bits per heavy atom. The molecule has 0 atom stereocenters. The molecule has 0 heterocycles. The van der Waals surface area contributed by atoms with Gasteiger partial charge < -0.3 is 0 Å². The molecule has 0 amide bonds. The first-order valence-corrected chi connectivity index (χ1v) is 3.75. The maximum absolute atomic E-state index is 3.70. The molecule has 0 aliphatic carbocycles. The van der Waals surface area contributed by atoms with E-state index in [4.69, 9.17) is 0 Å². The SMILES string of the molecule is [CH2-]C=C(C)CCC=C(C)C.[Y]. The van der Waals surface area contributed by atoms with E-state index in [2.05, 4.69) is 33.8 Å². The first-order chi connectivity index (χ1) is 4.66. The molecule has 0 aliphatic heterocycles. The van der Waals surface area contributed by atoms with Crippen LogP contribution in [0.3, 0.4) is 0 Å². The van der Waals surface area contributed by atoms with Gasteiger partial charge in [0.1, 0.15) is 0 Å². The average Bonchev–Trinajstić information content (AvgIpc) is 1.87. The summed E-state index contributed by atoms with van der Waals surface area (Å²) in [6.45, 7) is 10.1. The Hall–Kier alpha value is 0.454. The van der Waals surface area contributed by atoms with Gasteiger partial charge in [0.15, 0.2) is 0 Å². The van der Waals surface area contributed by atoms with E-state index >= 15 is 0 Å². The number of hydrogen-bond donors (Lipinski definition) is 0. The van der Waals surface area contributed by atoms with Gasteiger partial charge in [-0.3, -0.25) is 0 Å². The topological polar surface area (TPSA) is 0 Å². The number of hydrogen-bond acceptors (Lipinski definition) is 0. The molecule has 1 heteroatoms. The van der Waals surface area contributed by atoms with Crippen LogP contribution in [0.25, 0.3) is 0 Å². The molecule has 11 heavy (non-hydrogen) atoms. The Morgan fingerprint density at radius 3 is 2.18 bits per heavy atom. The van der Waals surface area contributed by atoms with Crippen LogP contribution in [0.4, 0.5) is 0 Å². The first-order valence-electron chi connectivity index (χ1n) is 3.75. The summed E-state index contributed by atoms with van der Waals surface area (Å²) >= 11 is 0. The zero-order valence-corrected chi connectivity index (χ0v) is 10.7. The molecule has 0 saturated carbocycles. The summed E-state index contributed by atoms with van der Waals surface area (Å²) in [5, 5.41) is 0. The van der Waals surface area contributed by atoms with Gasteiger partial charge in [-0.15, -0.1) is 6.92 Å². The molecule has 0 spiro atoms. The van der Waals surface area contributed by atoms with Gasteiger partial charge in [-0.1, -0.05) is 18.1 Å². The van der Waals surface area contributed by atoms with Crippen molar-refractivity contribution in [1.29, 1.82) is 0 Å². The van der Waals surface area contributed by atoms with Crippen molar-refractivity contribution in [3.05, 3.63) is 30.2 Å². The smallest absolute Gasteiger partial charge is 0 e. The molecule has 0 aromatic carbocycles. The van der Waals surface area contributed by atoms with E-state index in [1.807, 2.05) is 6.08 Å². The Balaban J connectivity index is 0. The van der Waals surface area contributed by atoms with E-state index < -0.39 is 0 Å². The minimum atomic E-state index is 0. The minimum Gasteiger partial charge on any atom is -0.245 e. The molecule has 0 unspecified atom stereocenters. The fourth-order valence-corrected chi connectivity index (χ4v) is 0.691. The third kappa shape index (κ3) is 10.5. The van der Waals surface area contributed by atoms with Crippen LogP contribution in [0.2, 0.25) is 0 Å². The van der Waals surface area contributed by atoms with Gasteiger partial charge in [-0.25, -0.2) is 18.6 Å². The van der Waals surface area contributed by atoms with Crippen LogP contribution in [0, 0.1) is 6.92 Å². The van der Waals surface area contributed by atoms with Crippen molar-refractivity contribution in [3.63, 3.8) is 0 Å². The summed E-state index contributed by atoms with van der Waals surface area (Å²) in [7, 11) is 0. The van der Waals surface area contributed by atoms with Crippen molar-refractivity contribution in [1.82, 2.24) is 0 Å². The van der Waals surface area contributed by atoms with Gasteiger partial charge in [0, 0.05) is 32.7 Å². The predicted molar refractivity (Wildman–Crippen MR) is 47.8 cm³/mol. The maximum Gasteiger partial charge on any atom is 0 e. The molecule has 0 aromatic rings. The van der Waals surface area contributed by atoms with Crippen LogP contribution in [0.15, 0.2) is 23.3 Å². The number of rotatable bonds is 3. The molecule has 0 aromatic heterocycles. The second-order valence-corrected chi connectivity index (χ2v) is 2.87. The summed E-state index contributed by atoms with van der Waals surface area (Å²) in [4.78, 5) is 0. The molecule has 0 N–H and O–H groups in total. The zero-order valence-electron chi connectivity index (χ0n) is 7.85. The van der Waals surface area contributed by atoms with E-state index in [9.17, 15) is 0 Å². The van der Waals surface area contributed by atoms with Crippen LogP contribution in [-0.4, -0.2) is 0 Å². The van der Waals surface area contributed by atoms with Gasteiger partial charge in [0.25, 0.3) is 0 Å². The first kappa shape index (κ1) is 14.0. The van der Waals surface area contributed by atoms with Gasteiger partial charge in [0.05, 0.1) is 0 Å². The second-order valence-electron chi connectivity index (χ2n) is 2.87. The van der Waals surface area contributed by atoms with Crippen molar-refractivity contribution in [3.8, 4) is 0 Å². The van der Waals surface area contributed by atoms with E-state index in [1.165, 1.54) is 11.1 Å². The summed E-state index contributed by atoms with van der Waals surface area (Å²) in [6.07, 6.45) is 6.49. The fraction of sp³-hybridized carbons (Fsp3) is 0.500. The monoisotopic (exact) mass is 226 g/mol. The summed E-state index contributed by atoms with van der Waals surface area (Å²) in [6, 6.07) is 0. The zero-order chi connectivity index (χ0) is 7.98. The van der Waals surface area contributed by atoms with Crippen LogP contribution >= 0.6 is 0 Å². The molecule has 0 nitrogen and oxygen atoms in total. The van der Waals surface area contributed by atoms with Crippen LogP contribution < -0.4 is 0 Å². The van der Waals surface area contributed by atoms with Crippen LogP contribution in [0.1, 0.15) is 33.6 Å². The molecule has 0 saturated heterocycles. The summed E-state index contributed by atoms with van der Waals surface area (Å²) < 4.78 is 0. The summed E-state index contributed by atoms with van der Waals surface area (Å²) in [5.74, 6) is 0. The Bertz CT molecular complexity index is 139. The molecule has 1 radical (unpaired) electrons. The maximum atomic E-state index is 3.70. The third-order valence-electron chi connectivity index (χ3n) is 1.44. The normalized spacial score (nSPS) is 10.3. The second kappa shape index (κ2) is 8.55. The quantitative estimate of drug-likeness (QED) is 0.510. The Kier molecular flexibility index (Phi) is 10.9. The molecule has 0 aliphatic rings. The van der Waals surface area contributed by atoms with Gasteiger partial charge in [-0.2, -0.15) is 0 Å². The summed E-state index contributed by atoms with van der Waals surface area (Å²) in [5.41, 5.74) is 2.77. The van der Waals surface area contributed by atoms with Crippen molar-refractivity contribution >= 4 is 0 Å². The largest absolute Gasteiger partial charge is 0.245 e. The van der Waals surface area contributed by atoms with Crippen LogP contribution in [0.5, 0.6) is 0 Å².